The molecule has 252 valence electrons. The van der Waals surface area contributed by atoms with Crippen LogP contribution in [0.15, 0.2) is 186 Å². The highest BCUT2D eigenvalue weighted by Gasteiger charge is 2.21. The van der Waals surface area contributed by atoms with E-state index in [4.69, 9.17) is 14.4 Å². The van der Waals surface area contributed by atoms with Crippen molar-refractivity contribution in [3.05, 3.63) is 182 Å². The van der Waals surface area contributed by atoms with Crippen LogP contribution in [-0.4, -0.2) is 9.97 Å². The van der Waals surface area contributed by atoms with Gasteiger partial charge in [-0.2, -0.15) is 0 Å². The summed E-state index contributed by atoms with van der Waals surface area (Å²) in [5.74, 6) is 0.706. The zero-order chi connectivity index (χ0) is 35.6. The lowest BCUT2D eigenvalue weighted by Gasteiger charge is -2.10. The second-order valence-electron chi connectivity index (χ2n) is 13.7. The number of fused-ring (bicyclic) bond motifs is 7. The summed E-state index contributed by atoms with van der Waals surface area (Å²) in [7, 11) is 0. The van der Waals surface area contributed by atoms with Crippen molar-refractivity contribution in [3.8, 4) is 56.0 Å². The zero-order valence-electron chi connectivity index (χ0n) is 29.0. The Hall–Kier alpha value is -6.88. The van der Waals surface area contributed by atoms with Gasteiger partial charge in [-0.1, -0.05) is 152 Å². The number of rotatable bonds is 5. The predicted octanol–water partition coefficient (Wildman–Crippen LogP) is 14.2. The minimum Gasteiger partial charge on any atom is -0.456 e. The van der Waals surface area contributed by atoms with Crippen molar-refractivity contribution in [2.24, 2.45) is 0 Å². The van der Waals surface area contributed by atoms with Crippen LogP contribution in [0.3, 0.4) is 0 Å². The molecule has 54 heavy (non-hydrogen) atoms. The standard InChI is InChI=1S/C50H30N2OS/c1-2-9-31(10-3-1)33-17-19-35(20-18-33)39-27-28-40-44(30-39)53-43-15-8-14-42(46(40)43)48-49-47(41-13-6-7-16-45(41)54-49)51-50(52-48)36-24-21-34(22-25-36)38-26-23-32-11-4-5-12-37(32)29-38/h1-30H. The van der Waals surface area contributed by atoms with Crippen molar-refractivity contribution in [2.45, 2.75) is 0 Å². The van der Waals surface area contributed by atoms with E-state index in [1.807, 2.05) is 6.07 Å². The van der Waals surface area contributed by atoms with Crippen LogP contribution in [-0.2, 0) is 0 Å². The molecule has 3 heterocycles. The molecular weight excluding hydrogens is 677 g/mol. The Balaban J connectivity index is 1.04. The van der Waals surface area contributed by atoms with Crippen LogP contribution in [0.4, 0.5) is 0 Å². The van der Waals surface area contributed by atoms with Crippen LogP contribution in [0.5, 0.6) is 0 Å². The topological polar surface area (TPSA) is 38.9 Å². The number of hydrogen-bond acceptors (Lipinski definition) is 4. The maximum absolute atomic E-state index is 6.60. The fourth-order valence-electron chi connectivity index (χ4n) is 7.77. The molecule has 0 atom stereocenters. The van der Waals surface area contributed by atoms with E-state index >= 15 is 0 Å². The molecule has 0 N–H and O–H groups in total. The van der Waals surface area contributed by atoms with Crippen LogP contribution in [0.1, 0.15) is 0 Å². The average Bonchev–Trinajstić information content (AvgIpc) is 3.82. The van der Waals surface area contributed by atoms with E-state index in [1.54, 1.807) is 11.3 Å². The van der Waals surface area contributed by atoms with E-state index in [1.165, 1.54) is 32.2 Å². The highest BCUT2D eigenvalue weighted by Crippen LogP contribution is 2.44. The van der Waals surface area contributed by atoms with Crippen molar-refractivity contribution in [2.75, 3.05) is 0 Å². The van der Waals surface area contributed by atoms with Crippen molar-refractivity contribution >= 4 is 64.4 Å². The summed E-state index contributed by atoms with van der Waals surface area (Å²) in [4.78, 5) is 10.6. The van der Waals surface area contributed by atoms with Gasteiger partial charge in [0, 0.05) is 32.0 Å². The normalized spacial score (nSPS) is 11.7. The molecule has 11 rings (SSSR count). The number of hydrogen-bond donors (Lipinski definition) is 0. The lowest BCUT2D eigenvalue weighted by Crippen LogP contribution is -1.94. The maximum atomic E-state index is 6.60. The maximum Gasteiger partial charge on any atom is 0.160 e. The lowest BCUT2D eigenvalue weighted by atomic mass is 9.98. The van der Waals surface area contributed by atoms with E-state index in [0.29, 0.717) is 5.82 Å². The smallest absolute Gasteiger partial charge is 0.160 e. The van der Waals surface area contributed by atoms with Crippen molar-refractivity contribution in [1.82, 2.24) is 9.97 Å². The Morgan fingerprint density at radius 3 is 1.85 bits per heavy atom. The van der Waals surface area contributed by atoms with Crippen LogP contribution < -0.4 is 0 Å². The van der Waals surface area contributed by atoms with E-state index in [0.717, 1.165) is 71.1 Å². The van der Waals surface area contributed by atoms with Crippen LogP contribution in [0.25, 0.3) is 109 Å². The van der Waals surface area contributed by atoms with Gasteiger partial charge in [0.1, 0.15) is 11.2 Å². The van der Waals surface area contributed by atoms with Crippen LogP contribution in [0.2, 0.25) is 0 Å². The number of furan rings is 1. The molecule has 4 heteroatoms. The first-order chi connectivity index (χ1) is 26.7. The predicted molar refractivity (Wildman–Crippen MR) is 227 cm³/mol. The molecule has 8 aromatic carbocycles. The first-order valence-electron chi connectivity index (χ1n) is 18.1. The fourth-order valence-corrected chi connectivity index (χ4v) is 8.92. The summed E-state index contributed by atoms with van der Waals surface area (Å²) >= 11 is 1.75. The summed E-state index contributed by atoms with van der Waals surface area (Å²) in [6, 6.07) is 64.4. The molecule has 0 amide bonds. The highest BCUT2D eigenvalue weighted by atomic mass is 32.1. The number of benzene rings is 8. The van der Waals surface area contributed by atoms with E-state index < -0.39 is 0 Å². The largest absolute Gasteiger partial charge is 0.456 e. The summed E-state index contributed by atoms with van der Waals surface area (Å²) < 4.78 is 8.86. The minimum absolute atomic E-state index is 0.706. The third-order valence-corrected chi connectivity index (χ3v) is 11.7. The summed E-state index contributed by atoms with van der Waals surface area (Å²) in [6.07, 6.45) is 0. The minimum atomic E-state index is 0.706. The Morgan fingerprint density at radius 1 is 0.407 bits per heavy atom. The zero-order valence-corrected chi connectivity index (χ0v) is 29.8. The molecule has 0 aliphatic heterocycles. The lowest BCUT2D eigenvalue weighted by molar-refractivity contribution is 0.669. The van der Waals surface area contributed by atoms with E-state index in [-0.39, 0.29) is 0 Å². The van der Waals surface area contributed by atoms with Gasteiger partial charge in [0.25, 0.3) is 0 Å². The molecule has 3 nitrogen and oxygen atoms in total. The number of nitrogens with zero attached hydrogens (tertiary/aromatic N) is 2. The number of thiophene rings is 1. The van der Waals surface area contributed by atoms with Gasteiger partial charge in [-0.05, 0) is 74.5 Å². The second kappa shape index (κ2) is 12.4. The van der Waals surface area contributed by atoms with Crippen molar-refractivity contribution in [1.29, 1.82) is 0 Å². The second-order valence-corrected chi connectivity index (χ2v) is 14.8. The van der Waals surface area contributed by atoms with Crippen molar-refractivity contribution < 1.29 is 4.42 Å². The van der Waals surface area contributed by atoms with Gasteiger partial charge >= 0.3 is 0 Å². The van der Waals surface area contributed by atoms with Crippen molar-refractivity contribution in [3.63, 3.8) is 0 Å². The molecule has 0 unspecified atom stereocenters. The molecule has 0 fully saturated rings. The highest BCUT2D eigenvalue weighted by molar-refractivity contribution is 7.26. The number of aromatic nitrogens is 2. The Kier molecular flexibility index (Phi) is 7.04. The molecule has 0 saturated carbocycles. The SMILES string of the molecule is c1ccc(-c2ccc(-c3ccc4c(c3)oc3cccc(-c5nc(-c6ccc(-c7ccc8ccccc8c7)cc6)nc6c5sc5ccccc56)c34)cc2)cc1. The third kappa shape index (κ3) is 5.11. The van der Waals surface area contributed by atoms with Crippen LogP contribution in [0, 0.1) is 0 Å². The summed E-state index contributed by atoms with van der Waals surface area (Å²) in [5.41, 5.74) is 12.6. The third-order valence-electron chi connectivity index (χ3n) is 10.5. The molecule has 3 aromatic heterocycles. The van der Waals surface area contributed by atoms with Gasteiger partial charge in [0.2, 0.25) is 0 Å². The van der Waals surface area contributed by atoms with Crippen LogP contribution >= 0.6 is 11.3 Å². The molecule has 11 aromatic rings. The Bertz CT molecular complexity index is 3200. The summed E-state index contributed by atoms with van der Waals surface area (Å²) in [6.45, 7) is 0. The van der Waals surface area contributed by atoms with Gasteiger partial charge < -0.3 is 4.42 Å². The first kappa shape index (κ1) is 30.7. The van der Waals surface area contributed by atoms with Gasteiger partial charge in [-0.3, -0.25) is 0 Å². The van der Waals surface area contributed by atoms with Gasteiger partial charge in [-0.15, -0.1) is 11.3 Å². The molecule has 0 spiro atoms. The van der Waals surface area contributed by atoms with Gasteiger partial charge in [0.15, 0.2) is 5.82 Å². The Labute approximate surface area is 315 Å². The first-order valence-corrected chi connectivity index (χ1v) is 19.0. The molecule has 0 radical (unpaired) electrons. The fraction of sp³-hybridized carbons (Fsp3) is 0. The monoisotopic (exact) mass is 706 g/mol. The summed E-state index contributed by atoms with van der Waals surface area (Å²) in [5, 5.41) is 5.75. The van der Waals surface area contributed by atoms with Gasteiger partial charge in [0.05, 0.1) is 15.9 Å². The molecule has 0 aliphatic rings. The Morgan fingerprint density at radius 2 is 1.04 bits per heavy atom. The van der Waals surface area contributed by atoms with E-state index in [2.05, 4.69) is 176 Å². The molecular formula is C50H30N2OS. The van der Waals surface area contributed by atoms with E-state index in [9.17, 15) is 0 Å². The van der Waals surface area contributed by atoms with Gasteiger partial charge in [-0.25, -0.2) is 9.97 Å². The quantitative estimate of drug-likeness (QED) is 0.179. The molecule has 0 bridgehead atoms. The average molecular weight is 707 g/mol. The molecule has 0 saturated heterocycles. The molecule has 0 aliphatic carbocycles.